The SMILES string of the molecule is Cc1ccc(CCC(Br)C(C)C)cc1. The molecule has 0 aliphatic carbocycles. The fourth-order valence-corrected chi connectivity index (χ4v) is 1.62. The van der Waals surface area contributed by atoms with Crippen molar-refractivity contribution in [1.82, 2.24) is 0 Å². The number of alkyl halides is 1. The third-order valence-electron chi connectivity index (χ3n) is 2.55. The van der Waals surface area contributed by atoms with E-state index in [2.05, 4.69) is 61.0 Å². The molecule has 0 fully saturated rings. The van der Waals surface area contributed by atoms with E-state index in [1.807, 2.05) is 0 Å². The third kappa shape index (κ3) is 3.83. The van der Waals surface area contributed by atoms with Crippen molar-refractivity contribution in [2.24, 2.45) is 5.92 Å². The maximum absolute atomic E-state index is 3.71. The summed E-state index contributed by atoms with van der Waals surface area (Å²) in [5, 5.41) is 0. The summed E-state index contributed by atoms with van der Waals surface area (Å²) in [6.07, 6.45) is 2.40. The molecule has 0 aliphatic heterocycles. The van der Waals surface area contributed by atoms with Gasteiger partial charge in [-0.05, 0) is 31.2 Å². The summed E-state index contributed by atoms with van der Waals surface area (Å²) in [6.45, 7) is 6.65. The maximum Gasteiger partial charge on any atom is 0.0172 e. The summed E-state index contributed by atoms with van der Waals surface area (Å²) in [4.78, 5) is 0.642. The maximum atomic E-state index is 3.71. The van der Waals surface area contributed by atoms with Gasteiger partial charge in [-0.25, -0.2) is 0 Å². The van der Waals surface area contributed by atoms with Crippen LogP contribution in [0.1, 0.15) is 31.4 Å². The molecule has 1 unspecified atom stereocenters. The van der Waals surface area contributed by atoms with E-state index in [9.17, 15) is 0 Å². The molecule has 0 saturated heterocycles. The topological polar surface area (TPSA) is 0 Å². The molecular weight excluding hydrogens is 236 g/mol. The van der Waals surface area contributed by atoms with Crippen molar-refractivity contribution in [3.63, 3.8) is 0 Å². The molecule has 1 aromatic rings. The molecule has 0 saturated carbocycles. The normalized spacial score (nSPS) is 13.2. The number of hydrogen-bond acceptors (Lipinski definition) is 0. The lowest BCUT2D eigenvalue weighted by molar-refractivity contribution is 0.582. The summed E-state index contributed by atoms with van der Waals surface area (Å²) < 4.78 is 0. The quantitative estimate of drug-likeness (QED) is 0.702. The van der Waals surface area contributed by atoms with E-state index in [0.717, 1.165) is 5.92 Å². The van der Waals surface area contributed by atoms with Crippen LogP contribution in [0.5, 0.6) is 0 Å². The van der Waals surface area contributed by atoms with Gasteiger partial charge in [0.1, 0.15) is 0 Å². The minimum absolute atomic E-state index is 0.642. The monoisotopic (exact) mass is 254 g/mol. The smallest absolute Gasteiger partial charge is 0.0172 e. The lowest BCUT2D eigenvalue weighted by Gasteiger charge is -2.13. The number of halogens is 1. The molecule has 1 atom stereocenters. The Hall–Kier alpha value is -0.300. The summed E-state index contributed by atoms with van der Waals surface area (Å²) >= 11 is 3.71. The number of benzene rings is 1. The standard InChI is InChI=1S/C13H19Br/c1-10(2)13(14)9-8-12-6-4-11(3)5-7-12/h4-7,10,13H,8-9H2,1-3H3. The molecule has 1 aromatic carbocycles. The van der Waals surface area contributed by atoms with E-state index in [0.29, 0.717) is 4.83 Å². The van der Waals surface area contributed by atoms with Gasteiger partial charge >= 0.3 is 0 Å². The van der Waals surface area contributed by atoms with Crippen molar-refractivity contribution in [2.75, 3.05) is 0 Å². The van der Waals surface area contributed by atoms with E-state index in [1.165, 1.54) is 24.0 Å². The van der Waals surface area contributed by atoms with Crippen LogP contribution in [0.3, 0.4) is 0 Å². The van der Waals surface area contributed by atoms with Crippen molar-refractivity contribution in [3.05, 3.63) is 35.4 Å². The molecular formula is C13H19Br. The minimum Gasteiger partial charge on any atom is -0.0888 e. The van der Waals surface area contributed by atoms with Crippen LogP contribution in [0.15, 0.2) is 24.3 Å². The predicted octanol–water partition coefficient (Wildman–Crippen LogP) is 4.35. The zero-order valence-corrected chi connectivity index (χ0v) is 10.8. The zero-order chi connectivity index (χ0) is 10.6. The Balaban J connectivity index is 2.42. The van der Waals surface area contributed by atoms with E-state index in [4.69, 9.17) is 0 Å². The van der Waals surface area contributed by atoms with Gasteiger partial charge in [0.25, 0.3) is 0 Å². The van der Waals surface area contributed by atoms with Crippen LogP contribution in [0.2, 0.25) is 0 Å². The van der Waals surface area contributed by atoms with Crippen LogP contribution in [-0.2, 0) is 6.42 Å². The van der Waals surface area contributed by atoms with Crippen LogP contribution in [0.4, 0.5) is 0 Å². The Morgan fingerprint density at radius 1 is 1.14 bits per heavy atom. The van der Waals surface area contributed by atoms with Crippen molar-refractivity contribution < 1.29 is 0 Å². The largest absolute Gasteiger partial charge is 0.0888 e. The van der Waals surface area contributed by atoms with Crippen molar-refractivity contribution in [2.45, 2.75) is 38.4 Å². The molecule has 0 heterocycles. The predicted molar refractivity (Wildman–Crippen MR) is 67.1 cm³/mol. The fraction of sp³-hybridized carbons (Fsp3) is 0.538. The molecule has 1 heteroatoms. The van der Waals surface area contributed by atoms with E-state index in [-0.39, 0.29) is 0 Å². The van der Waals surface area contributed by atoms with Crippen LogP contribution in [0, 0.1) is 12.8 Å². The average Bonchev–Trinajstić information content (AvgIpc) is 2.16. The van der Waals surface area contributed by atoms with Gasteiger partial charge < -0.3 is 0 Å². The first-order chi connectivity index (χ1) is 6.59. The fourth-order valence-electron chi connectivity index (χ4n) is 1.39. The van der Waals surface area contributed by atoms with Gasteiger partial charge in [-0.1, -0.05) is 59.6 Å². The summed E-state index contributed by atoms with van der Waals surface area (Å²) in [7, 11) is 0. The Bertz CT molecular complexity index is 261. The summed E-state index contributed by atoms with van der Waals surface area (Å²) in [6, 6.07) is 8.84. The highest BCUT2D eigenvalue weighted by Gasteiger charge is 2.08. The van der Waals surface area contributed by atoms with Gasteiger partial charge in [0.05, 0.1) is 0 Å². The van der Waals surface area contributed by atoms with Crippen molar-refractivity contribution in [3.8, 4) is 0 Å². The molecule has 0 spiro atoms. The second kappa shape index (κ2) is 5.55. The van der Waals surface area contributed by atoms with Crippen LogP contribution in [0.25, 0.3) is 0 Å². The molecule has 0 amide bonds. The van der Waals surface area contributed by atoms with E-state index >= 15 is 0 Å². The van der Waals surface area contributed by atoms with Crippen LogP contribution < -0.4 is 0 Å². The lowest BCUT2D eigenvalue weighted by Crippen LogP contribution is -2.08. The Morgan fingerprint density at radius 3 is 2.21 bits per heavy atom. The average molecular weight is 255 g/mol. The Kier molecular flexibility index (Phi) is 4.67. The highest BCUT2D eigenvalue weighted by atomic mass is 79.9. The molecule has 0 nitrogen and oxygen atoms in total. The number of rotatable bonds is 4. The van der Waals surface area contributed by atoms with Crippen molar-refractivity contribution >= 4 is 15.9 Å². The van der Waals surface area contributed by atoms with Gasteiger partial charge in [0.2, 0.25) is 0 Å². The zero-order valence-electron chi connectivity index (χ0n) is 9.26. The van der Waals surface area contributed by atoms with E-state index in [1.54, 1.807) is 0 Å². The van der Waals surface area contributed by atoms with Gasteiger partial charge in [-0.15, -0.1) is 0 Å². The molecule has 0 bridgehead atoms. The van der Waals surface area contributed by atoms with E-state index < -0.39 is 0 Å². The highest BCUT2D eigenvalue weighted by molar-refractivity contribution is 9.09. The van der Waals surface area contributed by atoms with Gasteiger partial charge in [0, 0.05) is 4.83 Å². The number of hydrogen-bond donors (Lipinski definition) is 0. The Morgan fingerprint density at radius 2 is 1.71 bits per heavy atom. The highest BCUT2D eigenvalue weighted by Crippen LogP contribution is 2.18. The lowest BCUT2D eigenvalue weighted by atomic mass is 10.0. The van der Waals surface area contributed by atoms with Gasteiger partial charge in [-0.3, -0.25) is 0 Å². The van der Waals surface area contributed by atoms with Gasteiger partial charge in [-0.2, -0.15) is 0 Å². The third-order valence-corrected chi connectivity index (χ3v) is 4.07. The summed E-state index contributed by atoms with van der Waals surface area (Å²) in [5.74, 6) is 0.723. The second-order valence-corrected chi connectivity index (χ2v) is 5.46. The number of aryl methyl sites for hydroxylation is 2. The second-order valence-electron chi connectivity index (χ2n) is 4.28. The first-order valence-electron chi connectivity index (χ1n) is 5.29. The first-order valence-corrected chi connectivity index (χ1v) is 6.21. The minimum atomic E-state index is 0.642. The van der Waals surface area contributed by atoms with Crippen LogP contribution in [-0.4, -0.2) is 4.83 Å². The molecule has 78 valence electrons. The Labute approximate surface area is 95.9 Å². The molecule has 0 aromatic heterocycles. The first kappa shape index (κ1) is 11.8. The molecule has 14 heavy (non-hydrogen) atoms. The molecule has 0 aliphatic rings. The summed E-state index contributed by atoms with van der Waals surface area (Å²) in [5.41, 5.74) is 2.79. The molecule has 0 N–H and O–H groups in total. The molecule has 0 radical (unpaired) electrons. The molecule has 1 rings (SSSR count). The van der Waals surface area contributed by atoms with Gasteiger partial charge in [0.15, 0.2) is 0 Å². The van der Waals surface area contributed by atoms with Crippen LogP contribution >= 0.6 is 15.9 Å². The van der Waals surface area contributed by atoms with Crippen molar-refractivity contribution in [1.29, 1.82) is 0 Å².